The van der Waals surface area contributed by atoms with E-state index < -0.39 is 0 Å². The zero-order chi connectivity index (χ0) is 14.5. The highest BCUT2D eigenvalue weighted by Crippen LogP contribution is 2.24. The van der Waals surface area contributed by atoms with Crippen LogP contribution in [0.4, 0.5) is 5.69 Å². The SMILES string of the molecule is Nc1ccncc1-c1cncn1CCCc1ccccc1. The lowest BCUT2D eigenvalue weighted by molar-refractivity contribution is 0.646. The molecule has 4 heteroatoms. The van der Waals surface area contributed by atoms with Gasteiger partial charge in [0.05, 0.1) is 18.2 Å². The largest absolute Gasteiger partial charge is 0.398 e. The zero-order valence-electron chi connectivity index (χ0n) is 11.8. The maximum absolute atomic E-state index is 6.02. The zero-order valence-corrected chi connectivity index (χ0v) is 11.8. The molecule has 0 saturated carbocycles. The Balaban J connectivity index is 1.70. The molecule has 4 nitrogen and oxygen atoms in total. The fraction of sp³-hybridized carbons (Fsp3) is 0.176. The number of hydrogen-bond acceptors (Lipinski definition) is 3. The number of benzene rings is 1. The van der Waals surface area contributed by atoms with Gasteiger partial charge in [0.1, 0.15) is 0 Å². The monoisotopic (exact) mass is 278 g/mol. The first-order valence-electron chi connectivity index (χ1n) is 7.08. The Bertz CT molecular complexity index is 704. The van der Waals surface area contributed by atoms with Crippen molar-refractivity contribution in [3.63, 3.8) is 0 Å². The Morgan fingerprint density at radius 2 is 1.86 bits per heavy atom. The number of anilines is 1. The molecule has 1 aromatic carbocycles. The summed E-state index contributed by atoms with van der Waals surface area (Å²) in [6, 6.07) is 12.3. The Morgan fingerprint density at radius 1 is 1.00 bits per heavy atom. The van der Waals surface area contributed by atoms with Gasteiger partial charge in [-0.3, -0.25) is 4.98 Å². The van der Waals surface area contributed by atoms with Crippen LogP contribution in [0.15, 0.2) is 61.3 Å². The molecule has 2 aromatic heterocycles. The molecule has 0 radical (unpaired) electrons. The van der Waals surface area contributed by atoms with Crippen LogP contribution in [0.1, 0.15) is 12.0 Å². The van der Waals surface area contributed by atoms with Crippen molar-refractivity contribution in [2.75, 3.05) is 5.73 Å². The van der Waals surface area contributed by atoms with Crippen molar-refractivity contribution >= 4 is 5.69 Å². The first-order valence-corrected chi connectivity index (χ1v) is 7.08. The standard InChI is InChI=1S/C17H18N4/c18-16-8-9-19-11-15(16)17-12-20-13-21(17)10-4-7-14-5-2-1-3-6-14/h1-3,5-6,8-9,11-13H,4,7,10H2,(H2,18,19). The van der Waals surface area contributed by atoms with Crippen molar-refractivity contribution in [2.24, 2.45) is 0 Å². The minimum atomic E-state index is 0.731. The second-order valence-corrected chi connectivity index (χ2v) is 5.02. The molecule has 0 amide bonds. The van der Waals surface area contributed by atoms with Crippen LogP contribution in [0.5, 0.6) is 0 Å². The minimum Gasteiger partial charge on any atom is -0.398 e. The minimum absolute atomic E-state index is 0.731. The molecular formula is C17H18N4. The highest BCUT2D eigenvalue weighted by molar-refractivity contribution is 5.72. The summed E-state index contributed by atoms with van der Waals surface area (Å²) in [5.74, 6) is 0. The maximum Gasteiger partial charge on any atom is 0.0950 e. The van der Waals surface area contributed by atoms with Gasteiger partial charge in [0.25, 0.3) is 0 Å². The van der Waals surface area contributed by atoms with Crippen molar-refractivity contribution in [3.8, 4) is 11.3 Å². The van der Waals surface area contributed by atoms with Crippen LogP contribution in [-0.2, 0) is 13.0 Å². The van der Waals surface area contributed by atoms with Gasteiger partial charge in [-0.05, 0) is 24.5 Å². The number of aromatic nitrogens is 3. The Labute approximate surface area is 124 Å². The van der Waals surface area contributed by atoms with E-state index in [1.54, 1.807) is 12.4 Å². The molecule has 106 valence electrons. The van der Waals surface area contributed by atoms with Crippen molar-refractivity contribution in [1.29, 1.82) is 0 Å². The molecule has 3 rings (SSSR count). The second kappa shape index (κ2) is 6.22. The third-order valence-corrected chi connectivity index (χ3v) is 3.55. The first kappa shape index (κ1) is 13.4. The lowest BCUT2D eigenvalue weighted by atomic mass is 10.1. The summed E-state index contributed by atoms with van der Waals surface area (Å²) < 4.78 is 2.14. The van der Waals surface area contributed by atoms with E-state index in [2.05, 4.69) is 38.8 Å². The van der Waals surface area contributed by atoms with Crippen LogP contribution in [0.2, 0.25) is 0 Å². The molecule has 2 N–H and O–H groups in total. The number of nitrogen functional groups attached to an aromatic ring is 1. The summed E-state index contributed by atoms with van der Waals surface area (Å²) in [6.45, 7) is 0.915. The Hall–Kier alpha value is -2.62. The Kier molecular flexibility index (Phi) is 3.96. The van der Waals surface area contributed by atoms with E-state index in [1.165, 1.54) is 5.56 Å². The third-order valence-electron chi connectivity index (χ3n) is 3.55. The van der Waals surface area contributed by atoms with Crippen LogP contribution >= 0.6 is 0 Å². The van der Waals surface area contributed by atoms with E-state index >= 15 is 0 Å². The smallest absolute Gasteiger partial charge is 0.0950 e. The van der Waals surface area contributed by atoms with E-state index in [4.69, 9.17) is 5.73 Å². The summed E-state index contributed by atoms with van der Waals surface area (Å²) in [6.07, 6.45) is 9.31. The second-order valence-electron chi connectivity index (χ2n) is 5.02. The molecule has 0 atom stereocenters. The maximum atomic E-state index is 6.02. The molecular weight excluding hydrogens is 260 g/mol. The number of imidazole rings is 1. The summed E-state index contributed by atoms with van der Waals surface area (Å²) in [4.78, 5) is 8.39. The van der Waals surface area contributed by atoms with Crippen molar-refractivity contribution in [3.05, 3.63) is 66.9 Å². The van der Waals surface area contributed by atoms with E-state index in [1.807, 2.05) is 24.7 Å². The molecule has 0 fully saturated rings. The summed E-state index contributed by atoms with van der Waals surface area (Å²) in [7, 11) is 0. The first-order chi connectivity index (χ1) is 10.3. The highest BCUT2D eigenvalue weighted by atomic mass is 15.0. The number of hydrogen-bond donors (Lipinski definition) is 1. The fourth-order valence-corrected chi connectivity index (χ4v) is 2.44. The molecule has 0 unspecified atom stereocenters. The van der Waals surface area contributed by atoms with Gasteiger partial charge in [-0.15, -0.1) is 0 Å². The molecule has 0 aliphatic carbocycles. The van der Waals surface area contributed by atoms with Crippen LogP contribution in [-0.4, -0.2) is 14.5 Å². The van der Waals surface area contributed by atoms with Crippen LogP contribution in [0, 0.1) is 0 Å². The fourth-order valence-electron chi connectivity index (χ4n) is 2.44. The van der Waals surface area contributed by atoms with Crippen molar-refractivity contribution in [1.82, 2.24) is 14.5 Å². The molecule has 0 spiro atoms. The normalized spacial score (nSPS) is 10.7. The predicted molar refractivity (Wildman–Crippen MR) is 84.6 cm³/mol. The molecule has 0 saturated heterocycles. The third kappa shape index (κ3) is 3.11. The topological polar surface area (TPSA) is 56.7 Å². The molecule has 0 bridgehead atoms. The quantitative estimate of drug-likeness (QED) is 0.780. The number of nitrogens with zero attached hydrogens (tertiary/aromatic N) is 3. The van der Waals surface area contributed by atoms with E-state index in [0.717, 1.165) is 36.3 Å². The van der Waals surface area contributed by atoms with Gasteiger partial charge in [-0.25, -0.2) is 4.98 Å². The van der Waals surface area contributed by atoms with Gasteiger partial charge in [0.2, 0.25) is 0 Å². The van der Waals surface area contributed by atoms with E-state index in [9.17, 15) is 0 Å². The molecule has 0 aliphatic rings. The van der Waals surface area contributed by atoms with Gasteiger partial charge in [0, 0.05) is 30.2 Å². The molecule has 3 aromatic rings. The molecule has 21 heavy (non-hydrogen) atoms. The number of rotatable bonds is 5. The van der Waals surface area contributed by atoms with Gasteiger partial charge in [0.15, 0.2) is 0 Å². The van der Waals surface area contributed by atoms with Gasteiger partial charge in [-0.1, -0.05) is 30.3 Å². The average Bonchev–Trinajstić information content (AvgIpc) is 2.97. The van der Waals surface area contributed by atoms with Crippen molar-refractivity contribution < 1.29 is 0 Å². The lowest BCUT2D eigenvalue weighted by Gasteiger charge is -2.09. The highest BCUT2D eigenvalue weighted by Gasteiger charge is 2.08. The summed E-state index contributed by atoms with van der Waals surface area (Å²) in [5, 5.41) is 0. The Morgan fingerprint density at radius 3 is 2.67 bits per heavy atom. The average molecular weight is 278 g/mol. The summed E-state index contributed by atoms with van der Waals surface area (Å²) in [5.41, 5.74) is 10.1. The van der Waals surface area contributed by atoms with E-state index in [0.29, 0.717) is 0 Å². The summed E-state index contributed by atoms with van der Waals surface area (Å²) >= 11 is 0. The van der Waals surface area contributed by atoms with Crippen molar-refractivity contribution in [2.45, 2.75) is 19.4 Å². The van der Waals surface area contributed by atoms with Gasteiger partial charge in [-0.2, -0.15) is 0 Å². The van der Waals surface area contributed by atoms with Crippen LogP contribution < -0.4 is 5.73 Å². The lowest BCUT2D eigenvalue weighted by Crippen LogP contribution is -2.02. The number of pyridine rings is 1. The predicted octanol–water partition coefficient (Wildman–Crippen LogP) is 3.16. The van der Waals surface area contributed by atoms with Crippen LogP contribution in [0.3, 0.4) is 0 Å². The van der Waals surface area contributed by atoms with Gasteiger partial charge >= 0.3 is 0 Å². The van der Waals surface area contributed by atoms with Crippen LogP contribution in [0.25, 0.3) is 11.3 Å². The van der Waals surface area contributed by atoms with Gasteiger partial charge < -0.3 is 10.3 Å². The number of nitrogens with two attached hydrogens (primary N) is 1. The number of aryl methyl sites for hydroxylation is 2. The van der Waals surface area contributed by atoms with E-state index in [-0.39, 0.29) is 0 Å². The molecule has 2 heterocycles. The molecule has 0 aliphatic heterocycles.